The van der Waals surface area contributed by atoms with Gasteiger partial charge in [0.2, 0.25) is 0 Å². The van der Waals surface area contributed by atoms with Crippen molar-refractivity contribution in [3.63, 3.8) is 0 Å². The molecule has 0 spiro atoms. The molecule has 100 valence electrons. The minimum atomic E-state index is -0.0436. The van der Waals surface area contributed by atoms with Gasteiger partial charge < -0.3 is 14.9 Å². The standard InChI is InChI=1S/C13H21N3O2/c1-3-15(4-2)13(18)16(8-9-17)11-12-6-5-7-14-10-12/h5-7,10,17H,3-4,8-9,11H2,1-2H3. The quantitative estimate of drug-likeness (QED) is 0.830. The molecule has 2 amide bonds. The monoisotopic (exact) mass is 251 g/mol. The molecule has 1 rings (SSSR count). The van der Waals surface area contributed by atoms with E-state index in [9.17, 15) is 4.79 Å². The van der Waals surface area contributed by atoms with Gasteiger partial charge in [0.1, 0.15) is 0 Å². The molecule has 0 bridgehead atoms. The summed E-state index contributed by atoms with van der Waals surface area (Å²) in [5, 5.41) is 9.06. The van der Waals surface area contributed by atoms with E-state index in [1.807, 2.05) is 26.0 Å². The van der Waals surface area contributed by atoms with E-state index >= 15 is 0 Å². The van der Waals surface area contributed by atoms with Crippen molar-refractivity contribution < 1.29 is 9.90 Å². The van der Waals surface area contributed by atoms with Crippen molar-refractivity contribution in [2.45, 2.75) is 20.4 Å². The highest BCUT2D eigenvalue weighted by molar-refractivity contribution is 5.74. The first kappa shape index (κ1) is 14.4. The number of aliphatic hydroxyl groups is 1. The van der Waals surface area contributed by atoms with Gasteiger partial charge in [-0.2, -0.15) is 0 Å². The number of aromatic nitrogens is 1. The molecule has 5 heteroatoms. The van der Waals surface area contributed by atoms with Crippen molar-refractivity contribution in [2.24, 2.45) is 0 Å². The number of amides is 2. The van der Waals surface area contributed by atoms with Crippen LogP contribution in [0.1, 0.15) is 19.4 Å². The summed E-state index contributed by atoms with van der Waals surface area (Å²) in [5.74, 6) is 0. The minimum Gasteiger partial charge on any atom is -0.395 e. The first-order valence-electron chi connectivity index (χ1n) is 6.26. The molecule has 0 unspecified atom stereocenters. The minimum absolute atomic E-state index is 0.0345. The Morgan fingerprint density at radius 3 is 2.56 bits per heavy atom. The normalized spacial score (nSPS) is 10.2. The van der Waals surface area contributed by atoms with Gasteiger partial charge >= 0.3 is 6.03 Å². The van der Waals surface area contributed by atoms with E-state index in [0.29, 0.717) is 26.2 Å². The first-order chi connectivity index (χ1) is 8.72. The van der Waals surface area contributed by atoms with Crippen LogP contribution in [0.25, 0.3) is 0 Å². The molecular weight excluding hydrogens is 230 g/mol. The van der Waals surface area contributed by atoms with Crippen LogP contribution in [0.5, 0.6) is 0 Å². The van der Waals surface area contributed by atoms with Gasteiger partial charge in [0.15, 0.2) is 0 Å². The average molecular weight is 251 g/mol. The fourth-order valence-electron chi connectivity index (χ4n) is 1.77. The van der Waals surface area contributed by atoms with Gasteiger partial charge in [-0.15, -0.1) is 0 Å². The number of carbonyl (C=O) groups excluding carboxylic acids is 1. The molecule has 1 heterocycles. The molecule has 0 saturated carbocycles. The number of nitrogens with zero attached hydrogens (tertiary/aromatic N) is 3. The highest BCUT2D eigenvalue weighted by atomic mass is 16.3. The molecule has 0 saturated heterocycles. The third-order valence-corrected chi connectivity index (χ3v) is 2.77. The van der Waals surface area contributed by atoms with Crippen molar-refractivity contribution >= 4 is 6.03 Å². The second-order valence-corrected chi connectivity index (χ2v) is 3.96. The fraction of sp³-hybridized carbons (Fsp3) is 0.538. The van der Waals surface area contributed by atoms with Crippen LogP contribution >= 0.6 is 0 Å². The highest BCUT2D eigenvalue weighted by Gasteiger charge is 2.18. The van der Waals surface area contributed by atoms with E-state index in [0.717, 1.165) is 5.56 Å². The molecule has 0 aromatic carbocycles. The predicted molar refractivity (Wildman–Crippen MR) is 70.0 cm³/mol. The van der Waals surface area contributed by atoms with Crippen LogP contribution in [0, 0.1) is 0 Å². The van der Waals surface area contributed by atoms with Gasteiger partial charge in [-0.25, -0.2) is 4.79 Å². The number of aliphatic hydroxyl groups excluding tert-OH is 1. The summed E-state index contributed by atoms with van der Waals surface area (Å²) < 4.78 is 0. The third kappa shape index (κ3) is 4.00. The van der Waals surface area contributed by atoms with Crippen molar-refractivity contribution in [3.05, 3.63) is 30.1 Å². The lowest BCUT2D eigenvalue weighted by Gasteiger charge is -2.28. The second-order valence-electron chi connectivity index (χ2n) is 3.96. The SMILES string of the molecule is CCN(CC)C(=O)N(CCO)Cc1cccnc1. The fourth-order valence-corrected chi connectivity index (χ4v) is 1.77. The number of rotatable bonds is 6. The largest absolute Gasteiger partial charge is 0.395 e. The Morgan fingerprint density at radius 2 is 2.06 bits per heavy atom. The second kappa shape index (κ2) is 7.66. The van der Waals surface area contributed by atoms with E-state index in [1.165, 1.54) is 0 Å². The van der Waals surface area contributed by atoms with Crippen molar-refractivity contribution in [2.75, 3.05) is 26.2 Å². The van der Waals surface area contributed by atoms with Gasteiger partial charge in [-0.05, 0) is 25.5 Å². The average Bonchev–Trinajstić information content (AvgIpc) is 2.40. The van der Waals surface area contributed by atoms with E-state index in [-0.39, 0.29) is 12.6 Å². The van der Waals surface area contributed by atoms with E-state index in [4.69, 9.17) is 5.11 Å². The van der Waals surface area contributed by atoms with Crippen LogP contribution in [-0.2, 0) is 6.54 Å². The molecule has 0 radical (unpaired) electrons. The molecule has 0 fully saturated rings. The van der Waals surface area contributed by atoms with Crippen molar-refractivity contribution in [1.29, 1.82) is 0 Å². The Morgan fingerprint density at radius 1 is 1.33 bits per heavy atom. The van der Waals surface area contributed by atoms with Crippen LogP contribution in [0.4, 0.5) is 4.79 Å². The summed E-state index contributed by atoms with van der Waals surface area (Å²) in [6.45, 7) is 6.01. The highest BCUT2D eigenvalue weighted by Crippen LogP contribution is 2.06. The van der Waals surface area contributed by atoms with Crippen LogP contribution < -0.4 is 0 Å². The number of pyridine rings is 1. The maximum atomic E-state index is 12.2. The lowest BCUT2D eigenvalue weighted by atomic mass is 10.2. The third-order valence-electron chi connectivity index (χ3n) is 2.77. The Labute approximate surface area is 108 Å². The first-order valence-corrected chi connectivity index (χ1v) is 6.26. The van der Waals surface area contributed by atoms with E-state index in [2.05, 4.69) is 4.98 Å². The molecule has 0 aliphatic heterocycles. The zero-order valence-corrected chi connectivity index (χ0v) is 11.0. The van der Waals surface area contributed by atoms with Gasteiger partial charge in [0, 0.05) is 38.6 Å². The number of hydrogen-bond acceptors (Lipinski definition) is 3. The van der Waals surface area contributed by atoms with Crippen LogP contribution in [0.2, 0.25) is 0 Å². The van der Waals surface area contributed by atoms with Gasteiger partial charge in [0.25, 0.3) is 0 Å². The smallest absolute Gasteiger partial charge is 0.320 e. The van der Waals surface area contributed by atoms with Crippen LogP contribution in [-0.4, -0.2) is 52.2 Å². The van der Waals surface area contributed by atoms with Gasteiger partial charge in [-0.3, -0.25) is 4.98 Å². The molecule has 0 aliphatic rings. The maximum Gasteiger partial charge on any atom is 0.320 e. The van der Waals surface area contributed by atoms with E-state index in [1.54, 1.807) is 22.2 Å². The van der Waals surface area contributed by atoms with Crippen molar-refractivity contribution in [1.82, 2.24) is 14.8 Å². The summed E-state index contributed by atoms with van der Waals surface area (Å²) >= 11 is 0. The lowest BCUT2D eigenvalue weighted by Crippen LogP contribution is -2.43. The Kier molecular flexibility index (Phi) is 6.14. The molecule has 0 atom stereocenters. The molecule has 18 heavy (non-hydrogen) atoms. The summed E-state index contributed by atoms with van der Waals surface area (Å²) in [7, 11) is 0. The summed E-state index contributed by atoms with van der Waals surface area (Å²) in [5.41, 5.74) is 0.964. The molecule has 0 aliphatic carbocycles. The predicted octanol–water partition coefficient (Wildman–Crippen LogP) is 1.34. The molecule has 5 nitrogen and oxygen atoms in total. The van der Waals surface area contributed by atoms with Gasteiger partial charge in [-0.1, -0.05) is 6.07 Å². The molecule has 1 aromatic heterocycles. The Bertz CT molecular complexity index is 353. The summed E-state index contributed by atoms with van der Waals surface area (Å²) in [6.07, 6.45) is 3.44. The Hall–Kier alpha value is -1.62. The van der Waals surface area contributed by atoms with Crippen LogP contribution in [0.3, 0.4) is 0 Å². The van der Waals surface area contributed by atoms with Gasteiger partial charge in [0.05, 0.1) is 6.61 Å². The molecule has 1 aromatic rings. The van der Waals surface area contributed by atoms with E-state index < -0.39 is 0 Å². The zero-order chi connectivity index (χ0) is 13.4. The lowest BCUT2D eigenvalue weighted by molar-refractivity contribution is 0.140. The number of urea groups is 1. The van der Waals surface area contributed by atoms with Crippen molar-refractivity contribution in [3.8, 4) is 0 Å². The molecule has 1 N–H and O–H groups in total. The summed E-state index contributed by atoms with van der Waals surface area (Å²) in [4.78, 5) is 19.6. The Balaban J connectivity index is 2.73. The maximum absolute atomic E-state index is 12.2. The zero-order valence-electron chi connectivity index (χ0n) is 11.0. The number of hydrogen-bond donors (Lipinski definition) is 1. The summed E-state index contributed by atoms with van der Waals surface area (Å²) in [6, 6.07) is 3.72. The van der Waals surface area contributed by atoms with Crippen LogP contribution in [0.15, 0.2) is 24.5 Å². The topological polar surface area (TPSA) is 56.7 Å². The molecular formula is C13H21N3O2. The number of carbonyl (C=O) groups is 1.